The molecule has 1 aliphatic rings. The maximum Gasteiger partial charge on any atom is 0.272 e. The molecular weight excluding hydrogens is 230 g/mol. The van der Waals surface area contributed by atoms with Gasteiger partial charge in [-0.15, -0.1) is 0 Å². The maximum absolute atomic E-state index is 12.5. The highest BCUT2D eigenvalue weighted by atomic mass is 16.3. The molecule has 2 rings (SSSR count). The van der Waals surface area contributed by atoms with E-state index in [9.17, 15) is 9.90 Å². The summed E-state index contributed by atoms with van der Waals surface area (Å²) in [5, 5.41) is 13.6. The van der Waals surface area contributed by atoms with E-state index in [-0.39, 0.29) is 18.6 Å². The van der Waals surface area contributed by atoms with Crippen molar-refractivity contribution in [3.8, 4) is 0 Å². The van der Waals surface area contributed by atoms with E-state index in [1.165, 1.54) is 0 Å². The van der Waals surface area contributed by atoms with E-state index in [1.807, 2.05) is 17.9 Å². The number of hydrogen-bond donors (Lipinski definition) is 1. The summed E-state index contributed by atoms with van der Waals surface area (Å²) in [7, 11) is 1.78. The first-order valence-electron chi connectivity index (χ1n) is 6.56. The molecule has 0 bridgehead atoms. The van der Waals surface area contributed by atoms with E-state index in [4.69, 9.17) is 0 Å². The number of hydrogen-bond acceptors (Lipinski definition) is 3. The van der Waals surface area contributed by atoms with Crippen LogP contribution in [0.15, 0.2) is 6.07 Å². The van der Waals surface area contributed by atoms with Crippen LogP contribution in [0.1, 0.15) is 41.9 Å². The van der Waals surface area contributed by atoms with Gasteiger partial charge in [0.1, 0.15) is 5.69 Å². The zero-order valence-corrected chi connectivity index (χ0v) is 11.1. The number of likely N-dealkylation sites (tertiary alicyclic amines) is 1. The normalized spacial score (nSPS) is 20.8. The predicted octanol–water partition coefficient (Wildman–Crippen LogP) is 1.11. The molecule has 0 spiro atoms. The van der Waals surface area contributed by atoms with Gasteiger partial charge in [0.15, 0.2) is 0 Å². The number of aliphatic hydroxyl groups excluding tert-OH is 1. The van der Waals surface area contributed by atoms with Crippen LogP contribution in [0.3, 0.4) is 0 Å². The second-order valence-electron chi connectivity index (χ2n) is 4.98. The van der Waals surface area contributed by atoms with E-state index >= 15 is 0 Å². The molecule has 1 aromatic rings. The third kappa shape index (κ3) is 2.56. The molecule has 0 radical (unpaired) electrons. The van der Waals surface area contributed by atoms with E-state index in [0.717, 1.165) is 37.9 Å². The second-order valence-corrected chi connectivity index (χ2v) is 4.98. The van der Waals surface area contributed by atoms with E-state index < -0.39 is 0 Å². The van der Waals surface area contributed by atoms with Gasteiger partial charge in [-0.05, 0) is 25.8 Å². The molecule has 5 heteroatoms. The van der Waals surface area contributed by atoms with Crippen LogP contribution in [-0.2, 0) is 7.05 Å². The first-order valence-corrected chi connectivity index (χ1v) is 6.56. The van der Waals surface area contributed by atoms with Gasteiger partial charge in [0, 0.05) is 13.6 Å². The van der Waals surface area contributed by atoms with Gasteiger partial charge in [-0.25, -0.2) is 0 Å². The van der Waals surface area contributed by atoms with Gasteiger partial charge in [0.25, 0.3) is 5.91 Å². The third-order valence-electron chi connectivity index (χ3n) is 3.57. The van der Waals surface area contributed by atoms with Crippen molar-refractivity contribution in [2.45, 2.75) is 38.6 Å². The molecule has 2 heterocycles. The Hall–Kier alpha value is -1.36. The molecule has 1 unspecified atom stereocenters. The number of carbonyl (C=O) groups is 1. The van der Waals surface area contributed by atoms with Crippen LogP contribution in [0.25, 0.3) is 0 Å². The standard InChI is InChI=1S/C13H21N3O2/c1-10-8-12(15(2)14-10)13(18)16-7-5-3-4-6-11(16)9-17/h8,11,17H,3-7,9H2,1-2H3. The number of aliphatic hydroxyl groups is 1. The number of nitrogens with zero attached hydrogens (tertiary/aromatic N) is 3. The lowest BCUT2D eigenvalue weighted by molar-refractivity contribution is 0.0589. The quantitative estimate of drug-likeness (QED) is 0.856. The largest absolute Gasteiger partial charge is 0.394 e. The topological polar surface area (TPSA) is 58.4 Å². The van der Waals surface area contributed by atoms with Crippen molar-refractivity contribution in [1.29, 1.82) is 0 Å². The number of aromatic nitrogens is 2. The van der Waals surface area contributed by atoms with E-state index in [0.29, 0.717) is 5.69 Å². The summed E-state index contributed by atoms with van der Waals surface area (Å²) in [5.74, 6) is -0.0148. The molecule has 1 aromatic heterocycles. The molecule has 1 aliphatic heterocycles. The Labute approximate surface area is 107 Å². The van der Waals surface area contributed by atoms with Crippen LogP contribution < -0.4 is 0 Å². The van der Waals surface area contributed by atoms with Crippen molar-refractivity contribution < 1.29 is 9.90 Å². The number of aryl methyl sites for hydroxylation is 2. The highest BCUT2D eigenvalue weighted by Crippen LogP contribution is 2.19. The average molecular weight is 251 g/mol. The first kappa shape index (κ1) is 13.1. The molecule has 1 atom stereocenters. The number of rotatable bonds is 2. The van der Waals surface area contributed by atoms with Gasteiger partial charge in [-0.3, -0.25) is 9.48 Å². The molecule has 5 nitrogen and oxygen atoms in total. The van der Waals surface area contributed by atoms with Gasteiger partial charge in [0.2, 0.25) is 0 Å². The molecule has 18 heavy (non-hydrogen) atoms. The molecule has 1 fully saturated rings. The molecule has 0 saturated carbocycles. The fourth-order valence-corrected chi connectivity index (χ4v) is 2.59. The summed E-state index contributed by atoms with van der Waals surface area (Å²) in [6, 6.07) is 1.76. The van der Waals surface area contributed by atoms with Crippen molar-refractivity contribution in [3.63, 3.8) is 0 Å². The van der Waals surface area contributed by atoms with Crippen LogP contribution in [-0.4, -0.2) is 44.9 Å². The Balaban J connectivity index is 2.22. The average Bonchev–Trinajstić information content (AvgIpc) is 2.56. The molecule has 100 valence electrons. The Morgan fingerprint density at radius 2 is 2.28 bits per heavy atom. The SMILES string of the molecule is Cc1cc(C(=O)N2CCCCCC2CO)n(C)n1. The minimum absolute atomic E-state index is 0.0148. The zero-order chi connectivity index (χ0) is 13.1. The summed E-state index contributed by atoms with van der Waals surface area (Å²) >= 11 is 0. The second kappa shape index (κ2) is 5.52. The van der Waals surface area contributed by atoms with Crippen LogP contribution >= 0.6 is 0 Å². The lowest BCUT2D eigenvalue weighted by Gasteiger charge is -2.28. The van der Waals surface area contributed by atoms with Crippen LogP contribution in [0, 0.1) is 6.92 Å². The Morgan fingerprint density at radius 3 is 2.89 bits per heavy atom. The summed E-state index contributed by atoms with van der Waals surface area (Å²) < 4.78 is 1.62. The Morgan fingerprint density at radius 1 is 1.50 bits per heavy atom. The number of amides is 1. The van der Waals surface area contributed by atoms with Gasteiger partial charge in [0.05, 0.1) is 18.3 Å². The summed E-state index contributed by atoms with van der Waals surface area (Å²) in [4.78, 5) is 14.3. The van der Waals surface area contributed by atoms with Gasteiger partial charge >= 0.3 is 0 Å². The Bertz CT molecular complexity index is 428. The molecule has 0 aliphatic carbocycles. The fraction of sp³-hybridized carbons (Fsp3) is 0.692. The van der Waals surface area contributed by atoms with Crippen molar-refractivity contribution in [1.82, 2.24) is 14.7 Å². The van der Waals surface area contributed by atoms with Crippen LogP contribution in [0.2, 0.25) is 0 Å². The van der Waals surface area contributed by atoms with Gasteiger partial charge in [-0.2, -0.15) is 5.10 Å². The lowest BCUT2D eigenvalue weighted by atomic mass is 10.1. The van der Waals surface area contributed by atoms with Crippen molar-refractivity contribution in [2.75, 3.05) is 13.2 Å². The predicted molar refractivity (Wildman–Crippen MR) is 68.3 cm³/mol. The maximum atomic E-state index is 12.5. The monoisotopic (exact) mass is 251 g/mol. The van der Waals surface area contributed by atoms with Crippen molar-refractivity contribution in [2.24, 2.45) is 7.05 Å². The summed E-state index contributed by atoms with van der Waals surface area (Å²) in [6.45, 7) is 2.65. The molecule has 1 amide bonds. The van der Waals surface area contributed by atoms with Crippen LogP contribution in [0.5, 0.6) is 0 Å². The fourth-order valence-electron chi connectivity index (χ4n) is 2.59. The molecule has 1 saturated heterocycles. The van der Waals surface area contributed by atoms with Gasteiger partial charge < -0.3 is 10.0 Å². The van der Waals surface area contributed by atoms with E-state index in [2.05, 4.69) is 5.10 Å². The Kier molecular flexibility index (Phi) is 4.01. The molecule has 1 N–H and O–H groups in total. The lowest BCUT2D eigenvalue weighted by Crippen LogP contribution is -2.42. The summed E-state index contributed by atoms with van der Waals surface area (Å²) in [5.41, 5.74) is 1.45. The number of carbonyl (C=O) groups excluding carboxylic acids is 1. The minimum Gasteiger partial charge on any atom is -0.394 e. The van der Waals surface area contributed by atoms with Crippen molar-refractivity contribution >= 4 is 5.91 Å². The molecular formula is C13H21N3O2. The van der Waals surface area contributed by atoms with Gasteiger partial charge in [-0.1, -0.05) is 12.8 Å². The highest BCUT2D eigenvalue weighted by molar-refractivity contribution is 5.93. The minimum atomic E-state index is -0.0461. The molecule has 0 aromatic carbocycles. The smallest absolute Gasteiger partial charge is 0.272 e. The zero-order valence-electron chi connectivity index (χ0n) is 11.1. The first-order chi connectivity index (χ1) is 8.63. The summed E-state index contributed by atoms with van der Waals surface area (Å²) in [6.07, 6.45) is 4.11. The third-order valence-corrected chi connectivity index (χ3v) is 3.57. The highest BCUT2D eigenvalue weighted by Gasteiger charge is 2.27. The van der Waals surface area contributed by atoms with Crippen molar-refractivity contribution in [3.05, 3.63) is 17.5 Å². The van der Waals surface area contributed by atoms with E-state index in [1.54, 1.807) is 11.7 Å². The van der Waals surface area contributed by atoms with Crippen LogP contribution in [0.4, 0.5) is 0 Å².